The molecule has 1 atom stereocenters. The maximum Gasteiger partial charge on any atom is 0.188 e. The van der Waals surface area contributed by atoms with Crippen LogP contribution in [0.5, 0.6) is 0 Å². The largest absolute Gasteiger partial charge is 0.376 e. The summed E-state index contributed by atoms with van der Waals surface area (Å²) in [5.41, 5.74) is 7.80. The quantitative estimate of drug-likeness (QED) is 0.583. The Hall–Kier alpha value is -2.08. The van der Waals surface area contributed by atoms with Crippen LogP contribution in [0.4, 0.5) is 4.39 Å². The lowest BCUT2D eigenvalue weighted by Crippen LogP contribution is -2.34. The average Bonchev–Trinajstić information content (AvgIpc) is 3.15. The smallest absolute Gasteiger partial charge is 0.188 e. The van der Waals surface area contributed by atoms with E-state index in [2.05, 4.69) is 15.3 Å². The second-order valence-corrected chi connectivity index (χ2v) is 5.54. The van der Waals surface area contributed by atoms with Gasteiger partial charge in [0, 0.05) is 30.3 Å². The number of benzene rings is 1. The summed E-state index contributed by atoms with van der Waals surface area (Å²) in [6.07, 6.45) is 5.08. The molecule has 0 radical (unpaired) electrons. The zero-order valence-electron chi connectivity index (χ0n) is 12.4. The van der Waals surface area contributed by atoms with Crippen LogP contribution in [-0.4, -0.2) is 36.7 Å². The number of aliphatic imine (C=N–C) groups is 1. The topological polar surface area (TPSA) is 75.4 Å². The molecule has 1 aliphatic heterocycles. The molecule has 0 spiro atoms. The molecule has 2 heterocycles. The summed E-state index contributed by atoms with van der Waals surface area (Å²) in [5, 5.41) is 4.15. The molecule has 22 heavy (non-hydrogen) atoms. The van der Waals surface area contributed by atoms with Gasteiger partial charge in [-0.1, -0.05) is 0 Å². The zero-order valence-corrected chi connectivity index (χ0v) is 12.4. The van der Waals surface area contributed by atoms with Gasteiger partial charge in [-0.15, -0.1) is 0 Å². The van der Waals surface area contributed by atoms with Crippen molar-refractivity contribution in [2.45, 2.75) is 25.4 Å². The average molecular weight is 304 g/mol. The van der Waals surface area contributed by atoms with E-state index < -0.39 is 0 Å². The Bertz CT molecular complexity index is 661. The molecule has 0 bridgehead atoms. The van der Waals surface area contributed by atoms with E-state index in [0.717, 1.165) is 42.3 Å². The van der Waals surface area contributed by atoms with Gasteiger partial charge >= 0.3 is 0 Å². The van der Waals surface area contributed by atoms with E-state index in [0.29, 0.717) is 19.0 Å². The van der Waals surface area contributed by atoms with E-state index in [9.17, 15) is 4.39 Å². The van der Waals surface area contributed by atoms with Gasteiger partial charge in [-0.25, -0.2) is 4.39 Å². The van der Waals surface area contributed by atoms with Gasteiger partial charge in [0.15, 0.2) is 5.96 Å². The first-order valence-corrected chi connectivity index (χ1v) is 7.63. The maximum absolute atomic E-state index is 13.1. The van der Waals surface area contributed by atoms with Crippen LogP contribution in [0.15, 0.2) is 29.4 Å². The number of aromatic nitrogens is 1. The van der Waals surface area contributed by atoms with Gasteiger partial charge in [0.05, 0.1) is 12.6 Å². The molecule has 1 saturated heterocycles. The molecule has 1 aromatic heterocycles. The number of nitrogens with one attached hydrogen (secondary N) is 2. The summed E-state index contributed by atoms with van der Waals surface area (Å²) in [6.45, 7) is 2.13. The monoisotopic (exact) mass is 304 g/mol. The van der Waals surface area contributed by atoms with Gasteiger partial charge in [0.25, 0.3) is 0 Å². The van der Waals surface area contributed by atoms with Gasteiger partial charge in [-0.3, -0.25) is 4.99 Å². The summed E-state index contributed by atoms with van der Waals surface area (Å²) in [5.74, 6) is 0.214. The van der Waals surface area contributed by atoms with E-state index in [1.165, 1.54) is 12.1 Å². The lowest BCUT2D eigenvalue weighted by molar-refractivity contribution is 0.118. The number of fused-ring (bicyclic) bond motifs is 1. The molecule has 3 rings (SSSR count). The third kappa shape index (κ3) is 3.57. The Balaban J connectivity index is 1.50. The van der Waals surface area contributed by atoms with E-state index >= 15 is 0 Å². The fourth-order valence-electron chi connectivity index (χ4n) is 2.73. The molecule has 0 amide bonds. The highest BCUT2D eigenvalue weighted by Gasteiger charge is 2.14. The van der Waals surface area contributed by atoms with E-state index in [4.69, 9.17) is 10.5 Å². The highest BCUT2D eigenvalue weighted by Crippen LogP contribution is 2.19. The number of H-pyrrole nitrogens is 1. The minimum absolute atomic E-state index is 0.212. The van der Waals surface area contributed by atoms with Crippen molar-refractivity contribution in [3.05, 3.63) is 35.8 Å². The van der Waals surface area contributed by atoms with Crippen LogP contribution >= 0.6 is 0 Å². The molecule has 1 fully saturated rings. The molecule has 1 aliphatic rings. The Morgan fingerprint density at radius 2 is 2.41 bits per heavy atom. The van der Waals surface area contributed by atoms with Crippen molar-refractivity contribution >= 4 is 16.9 Å². The molecule has 1 unspecified atom stereocenters. The van der Waals surface area contributed by atoms with Crippen LogP contribution in [0.1, 0.15) is 18.4 Å². The van der Waals surface area contributed by atoms with Gasteiger partial charge < -0.3 is 20.8 Å². The van der Waals surface area contributed by atoms with Crippen LogP contribution in [-0.2, 0) is 11.2 Å². The Morgan fingerprint density at radius 3 is 3.23 bits per heavy atom. The number of nitrogens with zero attached hydrogens (tertiary/aromatic N) is 1. The molecular weight excluding hydrogens is 283 g/mol. The number of nitrogens with two attached hydrogens (primary N) is 1. The fourth-order valence-corrected chi connectivity index (χ4v) is 2.73. The molecule has 6 heteroatoms. The Kier molecular flexibility index (Phi) is 4.58. The molecule has 4 N–H and O–H groups in total. The van der Waals surface area contributed by atoms with Crippen molar-refractivity contribution < 1.29 is 9.13 Å². The van der Waals surface area contributed by atoms with Crippen LogP contribution in [0, 0.1) is 5.82 Å². The second kappa shape index (κ2) is 6.79. The lowest BCUT2D eigenvalue weighted by Gasteiger charge is -2.08. The van der Waals surface area contributed by atoms with Crippen molar-refractivity contribution in [2.24, 2.45) is 10.7 Å². The normalized spacial score (nSPS) is 19.0. The van der Waals surface area contributed by atoms with Gasteiger partial charge in [-0.05, 0) is 43.0 Å². The van der Waals surface area contributed by atoms with Crippen molar-refractivity contribution in [1.82, 2.24) is 10.3 Å². The molecule has 0 saturated carbocycles. The second-order valence-electron chi connectivity index (χ2n) is 5.54. The van der Waals surface area contributed by atoms with Crippen LogP contribution in [0.2, 0.25) is 0 Å². The predicted octanol–water partition coefficient (Wildman–Crippen LogP) is 1.93. The van der Waals surface area contributed by atoms with Gasteiger partial charge in [-0.2, -0.15) is 0 Å². The predicted molar refractivity (Wildman–Crippen MR) is 85.4 cm³/mol. The van der Waals surface area contributed by atoms with Crippen molar-refractivity contribution in [3.63, 3.8) is 0 Å². The van der Waals surface area contributed by atoms with E-state index in [1.807, 2.05) is 6.20 Å². The summed E-state index contributed by atoms with van der Waals surface area (Å²) in [4.78, 5) is 7.38. The molecular formula is C16H21FN4O. The SMILES string of the molecule is NC(=NCC1CCCO1)NCCc1c[nH]c2cc(F)ccc12. The Labute approximate surface area is 128 Å². The number of hydrogen-bond acceptors (Lipinski definition) is 2. The van der Waals surface area contributed by atoms with Crippen molar-refractivity contribution in [1.29, 1.82) is 0 Å². The van der Waals surface area contributed by atoms with Crippen LogP contribution in [0.25, 0.3) is 10.9 Å². The number of rotatable bonds is 5. The van der Waals surface area contributed by atoms with Crippen LogP contribution in [0.3, 0.4) is 0 Å². The number of guanidine groups is 1. The summed E-state index contributed by atoms with van der Waals surface area (Å²) < 4.78 is 18.6. The molecule has 0 aliphatic carbocycles. The maximum atomic E-state index is 13.1. The number of halogens is 1. The van der Waals surface area contributed by atoms with Crippen molar-refractivity contribution in [3.8, 4) is 0 Å². The molecule has 2 aromatic rings. The first-order chi connectivity index (χ1) is 10.7. The van der Waals surface area contributed by atoms with E-state index in [-0.39, 0.29) is 11.9 Å². The summed E-state index contributed by atoms with van der Waals surface area (Å²) in [6, 6.07) is 4.78. The highest BCUT2D eigenvalue weighted by atomic mass is 19.1. The standard InChI is InChI=1S/C16H21FN4O/c17-12-3-4-14-11(9-20-15(14)8-12)5-6-19-16(18)21-10-13-2-1-7-22-13/h3-4,8-9,13,20H,1-2,5-7,10H2,(H3,18,19,21). The van der Waals surface area contributed by atoms with Gasteiger partial charge in [0.2, 0.25) is 0 Å². The van der Waals surface area contributed by atoms with Gasteiger partial charge in [0.1, 0.15) is 5.82 Å². The number of aromatic amines is 1. The minimum Gasteiger partial charge on any atom is -0.376 e. The minimum atomic E-state index is -0.232. The third-order valence-electron chi connectivity index (χ3n) is 3.92. The summed E-state index contributed by atoms with van der Waals surface area (Å²) in [7, 11) is 0. The number of ether oxygens (including phenoxy) is 1. The molecule has 5 nitrogen and oxygen atoms in total. The molecule has 1 aromatic carbocycles. The highest BCUT2D eigenvalue weighted by molar-refractivity contribution is 5.83. The summed E-state index contributed by atoms with van der Waals surface area (Å²) >= 11 is 0. The fraction of sp³-hybridized carbons (Fsp3) is 0.438. The lowest BCUT2D eigenvalue weighted by atomic mass is 10.1. The van der Waals surface area contributed by atoms with Crippen LogP contribution < -0.4 is 11.1 Å². The zero-order chi connectivity index (χ0) is 15.4. The Morgan fingerprint density at radius 1 is 1.50 bits per heavy atom. The van der Waals surface area contributed by atoms with E-state index in [1.54, 1.807) is 6.07 Å². The van der Waals surface area contributed by atoms with Crippen molar-refractivity contribution in [2.75, 3.05) is 19.7 Å². The third-order valence-corrected chi connectivity index (χ3v) is 3.92. The molecule has 118 valence electrons. The first kappa shape index (κ1) is 14.8. The number of hydrogen-bond donors (Lipinski definition) is 3. The first-order valence-electron chi connectivity index (χ1n) is 7.63.